The molecular formula is C10H11NO3. The van der Waals surface area contributed by atoms with Crippen LogP contribution in [0.1, 0.15) is 17.3 Å². The van der Waals surface area contributed by atoms with E-state index in [4.69, 9.17) is 9.84 Å². The molecule has 4 heteroatoms. The van der Waals surface area contributed by atoms with Crippen molar-refractivity contribution in [2.45, 2.75) is 6.92 Å². The number of aromatic nitrogens is 1. The number of hydrogen-bond donors (Lipinski definition) is 1. The topological polar surface area (TPSA) is 59.4 Å². The second kappa shape index (κ2) is 4.41. The molecule has 0 aliphatic heterocycles. The zero-order chi connectivity index (χ0) is 10.6. The van der Waals surface area contributed by atoms with E-state index in [1.165, 1.54) is 18.5 Å². The molecule has 0 radical (unpaired) electrons. The SMILES string of the molecule is C=C(C)COc1cncc(C(=O)O)c1. The van der Waals surface area contributed by atoms with Crippen LogP contribution in [0.5, 0.6) is 5.75 Å². The van der Waals surface area contributed by atoms with Gasteiger partial charge in [-0.25, -0.2) is 4.79 Å². The maximum Gasteiger partial charge on any atom is 0.337 e. The van der Waals surface area contributed by atoms with Crippen LogP contribution in [0.15, 0.2) is 30.6 Å². The largest absolute Gasteiger partial charge is 0.488 e. The van der Waals surface area contributed by atoms with E-state index in [1.54, 1.807) is 0 Å². The molecule has 0 aromatic carbocycles. The van der Waals surface area contributed by atoms with Crippen LogP contribution in [-0.4, -0.2) is 22.7 Å². The van der Waals surface area contributed by atoms with Crippen LogP contribution in [0.25, 0.3) is 0 Å². The highest BCUT2D eigenvalue weighted by Gasteiger charge is 2.04. The van der Waals surface area contributed by atoms with Gasteiger partial charge in [-0.2, -0.15) is 0 Å². The minimum absolute atomic E-state index is 0.115. The molecule has 1 N–H and O–H groups in total. The fourth-order valence-corrected chi connectivity index (χ4v) is 0.821. The van der Waals surface area contributed by atoms with Crippen molar-refractivity contribution in [1.29, 1.82) is 0 Å². The lowest BCUT2D eigenvalue weighted by atomic mass is 10.3. The van der Waals surface area contributed by atoms with E-state index >= 15 is 0 Å². The summed E-state index contributed by atoms with van der Waals surface area (Å²) in [5, 5.41) is 8.67. The molecule has 0 amide bonds. The van der Waals surface area contributed by atoms with Gasteiger partial charge in [0.1, 0.15) is 12.4 Å². The van der Waals surface area contributed by atoms with Crippen molar-refractivity contribution >= 4 is 5.97 Å². The summed E-state index contributed by atoms with van der Waals surface area (Å²) < 4.78 is 5.23. The van der Waals surface area contributed by atoms with Crippen LogP contribution in [0.4, 0.5) is 0 Å². The van der Waals surface area contributed by atoms with Crippen molar-refractivity contribution in [2.24, 2.45) is 0 Å². The molecule has 0 aliphatic rings. The van der Waals surface area contributed by atoms with Crippen molar-refractivity contribution in [2.75, 3.05) is 6.61 Å². The highest BCUT2D eigenvalue weighted by molar-refractivity contribution is 5.87. The Morgan fingerprint density at radius 3 is 2.93 bits per heavy atom. The Hall–Kier alpha value is -1.84. The Morgan fingerprint density at radius 2 is 2.36 bits per heavy atom. The minimum Gasteiger partial charge on any atom is -0.488 e. The standard InChI is InChI=1S/C10H11NO3/c1-7(2)6-14-9-3-8(10(12)13)4-11-5-9/h3-5H,1,6H2,2H3,(H,12,13). The molecule has 0 atom stereocenters. The first-order valence-corrected chi connectivity index (χ1v) is 4.05. The summed E-state index contributed by atoms with van der Waals surface area (Å²) in [6.45, 7) is 5.86. The number of nitrogens with zero attached hydrogens (tertiary/aromatic N) is 1. The molecule has 1 aromatic rings. The van der Waals surface area contributed by atoms with Gasteiger partial charge in [0.05, 0.1) is 11.8 Å². The van der Waals surface area contributed by atoms with Crippen LogP contribution >= 0.6 is 0 Å². The van der Waals surface area contributed by atoms with E-state index < -0.39 is 5.97 Å². The Kier molecular flexibility index (Phi) is 3.23. The maximum atomic E-state index is 10.6. The summed E-state index contributed by atoms with van der Waals surface area (Å²) in [6.07, 6.45) is 2.74. The van der Waals surface area contributed by atoms with Gasteiger partial charge < -0.3 is 9.84 Å². The van der Waals surface area contributed by atoms with Gasteiger partial charge in [-0.1, -0.05) is 6.58 Å². The van der Waals surface area contributed by atoms with Crippen LogP contribution in [0.3, 0.4) is 0 Å². The third-order valence-corrected chi connectivity index (χ3v) is 1.45. The monoisotopic (exact) mass is 193 g/mol. The van der Waals surface area contributed by atoms with Gasteiger partial charge in [0.25, 0.3) is 0 Å². The van der Waals surface area contributed by atoms with Gasteiger partial charge in [0.2, 0.25) is 0 Å². The first kappa shape index (κ1) is 10.2. The molecule has 0 saturated carbocycles. The molecule has 0 spiro atoms. The molecule has 0 aliphatic carbocycles. The van der Waals surface area contributed by atoms with Crippen LogP contribution in [0.2, 0.25) is 0 Å². The van der Waals surface area contributed by atoms with Crippen molar-refractivity contribution in [3.05, 3.63) is 36.2 Å². The van der Waals surface area contributed by atoms with Crippen molar-refractivity contribution < 1.29 is 14.6 Å². The van der Waals surface area contributed by atoms with Gasteiger partial charge in [0.15, 0.2) is 0 Å². The summed E-state index contributed by atoms with van der Waals surface area (Å²) in [7, 11) is 0. The normalized spacial score (nSPS) is 9.50. The first-order chi connectivity index (χ1) is 6.59. The summed E-state index contributed by atoms with van der Waals surface area (Å²) >= 11 is 0. The number of carboxylic acid groups (broad SMARTS) is 1. The minimum atomic E-state index is -1.02. The van der Waals surface area contributed by atoms with Crippen molar-refractivity contribution in [1.82, 2.24) is 4.98 Å². The Morgan fingerprint density at radius 1 is 1.64 bits per heavy atom. The Bertz CT molecular complexity index is 360. The first-order valence-electron chi connectivity index (χ1n) is 4.05. The van der Waals surface area contributed by atoms with E-state index in [0.29, 0.717) is 12.4 Å². The molecule has 1 rings (SSSR count). The zero-order valence-corrected chi connectivity index (χ0v) is 7.86. The highest BCUT2D eigenvalue weighted by atomic mass is 16.5. The molecule has 1 heterocycles. The predicted octanol–water partition coefficient (Wildman–Crippen LogP) is 1.73. The van der Waals surface area contributed by atoms with Gasteiger partial charge in [0, 0.05) is 6.20 Å². The third kappa shape index (κ3) is 2.90. The second-order valence-electron chi connectivity index (χ2n) is 2.96. The van der Waals surface area contributed by atoms with Crippen LogP contribution in [0, 0.1) is 0 Å². The fraction of sp³-hybridized carbons (Fsp3) is 0.200. The summed E-state index contributed by atoms with van der Waals surface area (Å²) in [4.78, 5) is 14.3. The maximum absolute atomic E-state index is 10.6. The molecule has 0 unspecified atom stereocenters. The smallest absolute Gasteiger partial charge is 0.337 e. The Labute approximate surface area is 81.9 Å². The number of carbonyl (C=O) groups is 1. The van der Waals surface area contributed by atoms with Crippen molar-refractivity contribution in [3.8, 4) is 5.75 Å². The Balaban J connectivity index is 2.73. The lowest BCUT2D eigenvalue weighted by Gasteiger charge is -2.05. The van der Waals surface area contributed by atoms with E-state index in [1.807, 2.05) is 6.92 Å². The van der Waals surface area contributed by atoms with E-state index in [2.05, 4.69) is 11.6 Å². The fourth-order valence-electron chi connectivity index (χ4n) is 0.821. The van der Waals surface area contributed by atoms with Gasteiger partial charge in [-0.05, 0) is 18.6 Å². The lowest BCUT2D eigenvalue weighted by molar-refractivity contribution is 0.0696. The molecule has 1 aromatic heterocycles. The zero-order valence-electron chi connectivity index (χ0n) is 7.86. The number of aromatic carboxylic acids is 1. The summed E-state index contributed by atoms with van der Waals surface area (Å²) in [5.41, 5.74) is 0.981. The quantitative estimate of drug-likeness (QED) is 0.740. The van der Waals surface area contributed by atoms with Crippen molar-refractivity contribution in [3.63, 3.8) is 0 Å². The van der Waals surface area contributed by atoms with E-state index in [-0.39, 0.29) is 5.56 Å². The molecule has 4 nitrogen and oxygen atoms in total. The molecule has 14 heavy (non-hydrogen) atoms. The highest BCUT2D eigenvalue weighted by Crippen LogP contribution is 2.11. The number of carboxylic acids is 1. The van der Waals surface area contributed by atoms with Gasteiger partial charge in [-0.3, -0.25) is 4.98 Å². The lowest BCUT2D eigenvalue weighted by Crippen LogP contribution is -2.01. The van der Waals surface area contributed by atoms with Gasteiger partial charge >= 0.3 is 5.97 Å². The molecule has 74 valence electrons. The molecular weight excluding hydrogens is 182 g/mol. The number of ether oxygens (including phenoxy) is 1. The molecule has 0 fully saturated rings. The number of rotatable bonds is 4. The molecule has 0 bridgehead atoms. The van der Waals surface area contributed by atoms with Crippen LogP contribution in [-0.2, 0) is 0 Å². The average Bonchev–Trinajstić information content (AvgIpc) is 2.15. The predicted molar refractivity (Wildman–Crippen MR) is 51.5 cm³/mol. The summed E-state index contributed by atoms with van der Waals surface area (Å²) in [6, 6.07) is 1.43. The van der Waals surface area contributed by atoms with Crippen LogP contribution < -0.4 is 4.74 Å². The number of hydrogen-bond acceptors (Lipinski definition) is 3. The van der Waals surface area contributed by atoms with E-state index in [0.717, 1.165) is 5.57 Å². The number of pyridine rings is 1. The second-order valence-corrected chi connectivity index (χ2v) is 2.96. The molecule has 0 saturated heterocycles. The average molecular weight is 193 g/mol. The third-order valence-electron chi connectivity index (χ3n) is 1.45. The van der Waals surface area contributed by atoms with Gasteiger partial charge in [-0.15, -0.1) is 0 Å². The summed E-state index contributed by atoms with van der Waals surface area (Å²) in [5.74, 6) is -0.578. The van der Waals surface area contributed by atoms with E-state index in [9.17, 15) is 4.79 Å².